The monoisotopic (exact) mass is 362 g/mol. The maximum absolute atomic E-state index is 12.6. The molecule has 1 unspecified atom stereocenters. The van der Waals surface area contributed by atoms with Crippen LogP contribution >= 0.6 is 0 Å². The number of pyridine rings is 1. The van der Waals surface area contributed by atoms with Crippen molar-refractivity contribution in [2.24, 2.45) is 4.99 Å². The van der Waals surface area contributed by atoms with Gasteiger partial charge in [-0.25, -0.2) is 9.98 Å². The highest BCUT2D eigenvalue weighted by molar-refractivity contribution is 6.04. The third-order valence-corrected chi connectivity index (χ3v) is 4.17. The summed E-state index contributed by atoms with van der Waals surface area (Å²) in [6.07, 6.45) is 2.79. The van der Waals surface area contributed by atoms with Gasteiger partial charge >= 0.3 is 0 Å². The lowest BCUT2D eigenvalue weighted by atomic mass is 10.2. The number of aryl methyl sites for hydroxylation is 1. The van der Waals surface area contributed by atoms with E-state index in [0.717, 1.165) is 11.3 Å². The van der Waals surface area contributed by atoms with Gasteiger partial charge in [0.15, 0.2) is 6.17 Å². The first-order valence-electron chi connectivity index (χ1n) is 8.40. The average molecular weight is 362 g/mol. The van der Waals surface area contributed by atoms with Crippen LogP contribution in [-0.2, 0) is 0 Å². The van der Waals surface area contributed by atoms with E-state index in [2.05, 4.69) is 25.6 Å². The van der Waals surface area contributed by atoms with Crippen molar-refractivity contribution in [2.45, 2.75) is 13.1 Å². The second kappa shape index (κ2) is 6.91. The van der Waals surface area contributed by atoms with Gasteiger partial charge in [-0.2, -0.15) is 0 Å². The Morgan fingerprint density at radius 2 is 1.96 bits per heavy atom. The van der Waals surface area contributed by atoms with Crippen molar-refractivity contribution in [3.8, 4) is 5.75 Å². The number of guanidine groups is 1. The molecule has 0 amide bonds. The van der Waals surface area contributed by atoms with Crippen molar-refractivity contribution < 1.29 is 4.74 Å². The topological polar surface area (TPSA) is 93.4 Å². The van der Waals surface area contributed by atoms with Crippen LogP contribution in [0.1, 0.15) is 17.4 Å². The number of benzene rings is 1. The van der Waals surface area contributed by atoms with Crippen LogP contribution in [0, 0.1) is 6.92 Å². The third kappa shape index (κ3) is 3.24. The fourth-order valence-electron chi connectivity index (χ4n) is 2.95. The summed E-state index contributed by atoms with van der Waals surface area (Å²) in [7, 11) is 1.61. The fourth-order valence-corrected chi connectivity index (χ4v) is 2.95. The van der Waals surface area contributed by atoms with Crippen LogP contribution < -0.4 is 20.9 Å². The second-order valence-corrected chi connectivity index (χ2v) is 6.01. The van der Waals surface area contributed by atoms with E-state index in [1.165, 1.54) is 10.6 Å². The number of rotatable bonds is 3. The summed E-state index contributed by atoms with van der Waals surface area (Å²) in [6.45, 7) is 1.78. The number of anilines is 2. The molecule has 8 heteroatoms. The highest BCUT2D eigenvalue weighted by Crippen LogP contribution is 2.27. The molecule has 27 heavy (non-hydrogen) atoms. The Kier molecular flexibility index (Phi) is 4.29. The zero-order chi connectivity index (χ0) is 18.8. The summed E-state index contributed by atoms with van der Waals surface area (Å²) >= 11 is 0. The van der Waals surface area contributed by atoms with Gasteiger partial charge in [-0.3, -0.25) is 19.7 Å². The predicted octanol–water partition coefficient (Wildman–Crippen LogP) is 2.40. The molecule has 0 aliphatic carbocycles. The molecule has 0 fully saturated rings. The SMILES string of the molecule is COc1ccccc1NC1=NC(c2ccncc2)n2c(nc(C)cc2=O)N1. The maximum Gasteiger partial charge on any atom is 0.257 e. The molecule has 2 aromatic heterocycles. The molecule has 2 N–H and O–H groups in total. The molecule has 1 aromatic carbocycles. The van der Waals surface area contributed by atoms with E-state index in [1.54, 1.807) is 26.4 Å². The van der Waals surface area contributed by atoms with Gasteiger partial charge in [0.05, 0.1) is 12.8 Å². The normalized spacial score (nSPS) is 15.3. The number of hydrogen-bond donors (Lipinski definition) is 2. The number of nitrogens with zero attached hydrogens (tertiary/aromatic N) is 4. The average Bonchev–Trinajstić information content (AvgIpc) is 2.68. The molecule has 1 aliphatic heterocycles. The molecule has 3 aromatic rings. The second-order valence-electron chi connectivity index (χ2n) is 6.01. The van der Waals surface area contributed by atoms with Crippen LogP contribution in [0.5, 0.6) is 5.75 Å². The number of fused-ring (bicyclic) bond motifs is 1. The highest BCUT2D eigenvalue weighted by atomic mass is 16.5. The molecule has 0 saturated carbocycles. The van der Waals surface area contributed by atoms with Crippen LogP contribution in [-0.4, -0.2) is 27.6 Å². The minimum Gasteiger partial charge on any atom is -0.495 e. The van der Waals surface area contributed by atoms with E-state index >= 15 is 0 Å². The Labute approximate surface area is 155 Å². The molecule has 0 bridgehead atoms. The summed E-state index contributed by atoms with van der Waals surface area (Å²) in [5.41, 5.74) is 2.04. The zero-order valence-electron chi connectivity index (χ0n) is 14.9. The van der Waals surface area contributed by atoms with E-state index in [-0.39, 0.29) is 5.56 Å². The molecular weight excluding hydrogens is 344 g/mol. The van der Waals surface area contributed by atoms with Crippen molar-refractivity contribution in [2.75, 3.05) is 17.7 Å². The van der Waals surface area contributed by atoms with Gasteiger partial charge in [-0.1, -0.05) is 12.1 Å². The zero-order valence-corrected chi connectivity index (χ0v) is 14.9. The molecular formula is C19H18N6O2. The predicted molar refractivity (Wildman–Crippen MR) is 103 cm³/mol. The number of hydrogen-bond acceptors (Lipinski definition) is 7. The molecule has 1 aliphatic rings. The number of aromatic nitrogens is 3. The summed E-state index contributed by atoms with van der Waals surface area (Å²) in [6, 6.07) is 12.7. The Morgan fingerprint density at radius 1 is 1.19 bits per heavy atom. The van der Waals surface area contributed by atoms with Gasteiger partial charge in [0.2, 0.25) is 11.9 Å². The molecule has 3 heterocycles. The smallest absolute Gasteiger partial charge is 0.257 e. The van der Waals surface area contributed by atoms with Crippen molar-refractivity contribution >= 4 is 17.6 Å². The molecule has 1 atom stereocenters. The number of methoxy groups -OCH3 is 1. The van der Waals surface area contributed by atoms with E-state index in [0.29, 0.717) is 23.4 Å². The Bertz CT molecular complexity index is 1060. The lowest BCUT2D eigenvalue weighted by molar-refractivity contribution is 0.417. The van der Waals surface area contributed by atoms with Gasteiger partial charge in [-0.05, 0) is 31.2 Å². The van der Waals surface area contributed by atoms with Crippen molar-refractivity contribution in [3.63, 3.8) is 0 Å². The van der Waals surface area contributed by atoms with Crippen LogP contribution in [0.25, 0.3) is 0 Å². The van der Waals surface area contributed by atoms with Gasteiger partial charge in [0, 0.05) is 29.7 Å². The molecule has 4 rings (SSSR count). The van der Waals surface area contributed by atoms with Crippen molar-refractivity contribution in [1.29, 1.82) is 0 Å². The van der Waals surface area contributed by atoms with Gasteiger partial charge in [-0.15, -0.1) is 0 Å². The Balaban J connectivity index is 1.80. The molecule has 8 nitrogen and oxygen atoms in total. The van der Waals surface area contributed by atoms with Gasteiger partial charge in [0.1, 0.15) is 5.75 Å². The largest absolute Gasteiger partial charge is 0.495 e. The van der Waals surface area contributed by atoms with Crippen LogP contribution in [0.4, 0.5) is 11.6 Å². The van der Waals surface area contributed by atoms with Crippen LogP contribution in [0.3, 0.4) is 0 Å². The highest BCUT2D eigenvalue weighted by Gasteiger charge is 2.25. The van der Waals surface area contributed by atoms with E-state index in [9.17, 15) is 4.79 Å². The molecule has 136 valence electrons. The van der Waals surface area contributed by atoms with Crippen molar-refractivity contribution in [1.82, 2.24) is 14.5 Å². The Morgan fingerprint density at radius 3 is 2.74 bits per heavy atom. The summed E-state index contributed by atoms with van der Waals surface area (Å²) in [5.74, 6) is 1.58. The first-order chi connectivity index (χ1) is 13.2. The summed E-state index contributed by atoms with van der Waals surface area (Å²) in [5, 5.41) is 6.32. The maximum atomic E-state index is 12.6. The van der Waals surface area contributed by atoms with E-state index in [4.69, 9.17) is 4.74 Å². The fraction of sp³-hybridized carbons (Fsp3) is 0.158. The number of ether oxygens (including phenoxy) is 1. The van der Waals surface area contributed by atoms with Crippen molar-refractivity contribution in [3.05, 3.63) is 76.5 Å². The first kappa shape index (κ1) is 16.8. The Hall–Kier alpha value is -3.68. The number of nitrogens with one attached hydrogen (secondary N) is 2. The van der Waals surface area contributed by atoms with Crippen LogP contribution in [0.2, 0.25) is 0 Å². The lowest BCUT2D eigenvalue weighted by Gasteiger charge is -2.27. The minimum absolute atomic E-state index is 0.174. The lowest BCUT2D eigenvalue weighted by Crippen LogP contribution is -2.37. The molecule has 0 saturated heterocycles. The standard InChI is InChI=1S/C19H18N6O2/c1-12-11-16(26)25-17(13-7-9-20-10-8-13)23-18(24-19(25)21-12)22-14-5-3-4-6-15(14)27-2/h3-11,17H,1-2H3,(H2,21,22,23,24). The number of aliphatic imine (C=N–C) groups is 1. The number of para-hydroxylation sites is 2. The van der Waals surface area contributed by atoms with Gasteiger partial charge < -0.3 is 10.1 Å². The van der Waals surface area contributed by atoms with Crippen LogP contribution in [0.15, 0.2) is 64.6 Å². The van der Waals surface area contributed by atoms with E-state index < -0.39 is 6.17 Å². The van der Waals surface area contributed by atoms with Gasteiger partial charge in [0.25, 0.3) is 5.56 Å². The summed E-state index contributed by atoms with van der Waals surface area (Å²) in [4.78, 5) is 25.8. The first-order valence-corrected chi connectivity index (χ1v) is 8.40. The quantitative estimate of drug-likeness (QED) is 0.743. The van der Waals surface area contributed by atoms with E-state index in [1.807, 2.05) is 36.4 Å². The summed E-state index contributed by atoms with van der Waals surface area (Å²) < 4.78 is 6.91. The molecule has 0 radical (unpaired) electrons. The minimum atomic E-state index is -0.554. The molecule has 0 spiro atoms. The third-order valence-electron chi connectivity index (χ3n) is 4.17.